The van der Waals surface area contributed by atoms with Gasteiger partial charge in [-0.15, -0.1) is 0 Å². The molecule has 0 bridgehead atoms. The van der Waals surface area contributed by atoms with E-state index in [1.807, 2.05) is 0 Å². The van der Waals surface area contributed by atoms with E-state index in [9.17, 15) is 5.11 Å². The van der Waals surface area contributed by atoms with E-state index in [0.717, 1.165) is 24.0 Å². The molecule has 2 nitrogen and oxygen atoms in total. The molecule has 0 unspecified atom stereocenters. The lowest BCUT2D eigenvalue weighted by molar-refractivity contribution is -0.0226. The van der Waals surface area contributed by atoms with Crippen LogP contribution in [-0.4, -0.2) is 17.3 Å². The van der Waals surface area contributed by atoms with Crippen molar-refractivity contribution in [2.75, 3.05) is 0 Å². The highest BCUT2D eigenvalue weighted by atomic mass is 16.5. The van der Waals surface area contributed by atoms with Crippen molar-refractivity contribution in [2.45, 2.75) is 77.4 Å². The van der Waals surface area contributed by atoms with E-state index < -0.39 is 0 Å². The summed E-state index contributed by atoms with van der Waals surface area (Å²) in [5.74, 6) is 3.22. The molecule has 0 amide bonds. The second kappa shape index (κ2) is 5.51. The Morgan fingerprint density at radius 2 is 2.00 bits per heavy atom. The van der Waals surface area contributed by atoms with E-state index in [4.69, 9.17) is 4.74 Å². The number of rotatable bonds is 2. The summed E-state index contributed by atoms with van der Waals surface area (Å²) in [6.07, 6.45) is 7.29. The van der Waals surface area contributed by atoms with Gasteiger partial charge in [-0.05, 0) is 98.8 Å². The molecule has 0 aliphatic heterocycles. The fraction of sp³-hybridized carbons (Fsp3) is 0.714. The minimum atomic E-state index is -0.0725. The summed E-state index contributed by atoms with van der Waals surface area (Å²) < 4.78 is 5.88. The molecule has 4 rings (SSSR count). The molecule has 0 aromatic heterocycles. The second-order valence-corrected chi connectivity index (χ2v) is 8.58. The molecule has 0 radical (unpaired) electrons. The Labute approximate surface area is 140 Å². The molecule has 0 spiro atoms. The van der Waals surface area contributed by atoms with Gasteiger partial charge in [-0.3, -0.25) is 0 Å². The van der Waals surface area contributed by atoms with Crippen molar-refractivity contribution >= 4 is 0 Å². The van der Waals surface area contributed by atoms with Gasteiger partial charge in [0.25, 0.3) is 0 Å². The van der Waals surface area contributed by atoms with Crippen LogP contribution in [0, 0.1) is 17.3 Å². The highest BCUT2D eigenvalue weighted by Gasteiger charge is 2.54. The monoisotopic (exact) mass is 314 g/mol. The smallest absolute Gasteiger partial charge is 0.119 e. The van der Waals surface area contributed by atoms with Crippen molar-refractivity contribution in [1.82, 2.24) is 0 Å². The first kappa shape index (κ1) is 15.5. The average Bonchev–Trinajstić information content (AvgIpc) is 2.82. The predicted molar refractivity (Wildman–Crippen MR) is 92.8 cm³/mol. The Morgan fingerprint density at radius 1 is 1.17 bits per heavy atom. The quantitative estimate of drug-likeness (QED) is 0.858. The van der Waals surface area contributed by atoms with Crippen LogP contribution in [0.2, 0.25) is 0 Å². The molecule has 0 saturated heterocycles. The van der Waals surface area contributed by atoms with Gasteiger partial charge in [-0.25, -0.2) is 0 Å². The standard InChI is InChI=1S/C21H30O2/c1-13(2)23-15-5-7-16-14(12-15)4-6-18-17(16)10-11-21(3)19(18)8-9-20(21)22/h5,7,12-13,17-20,22H,4,6,8-11H2,1-3H3/t17-,18-,19+,20+,21+/m1/s1. The third-order valence-corrected chi connectivity index (χ3v) is 7.02. The van der Waals surface area contributed by atoms with Gasteiger partial charge in [0.2, 0.25) is 0 Å². The molecule has 1 N–H and O–H groups in total. The van der Waals surface area contributed by atoms with Crippen molar-refractivity contribution in [3.8, 4) is 5.75 Å². The van der Waals surface area contributed by atoms with Crippen LogP contribution in [-0.2, 0) is 6.42 Å². The average molecular weight is 314 g/mol. The molecule has 2 saturated carbocycles. The lowest BCUT2D eigenvalue weighted by Gasteiger charge is -2.50. The normalized spacial score (nSPS) is 38.8. The highest BCUT2D eigenvalue weighted by molar-refractivity contribution is 5.40. The maximum atomic E-state index is 10.5. The Kier molecular flexibility index (Phi) is 3.72. The zero-order valence-corrected chi connectivity index (χ0v) is 14.7. The number of benzene rings is 1. The van der Waals surface area contributed by atoms with Gasteiger partial charge in [0.15, 0.2) is 0 Å². The minimum absolute atomic E-state index is 0.0725. The Balaban J connectivity index is 1.62. The minimum Gasteiger partial charge on any atom is -0.491 e. The largest absolute Gasteiger partial charge is 0.491 e. The molecular formula is C21H30O2. The number of hydrogen-bond donors (Lipinski definition) is 1. The maximum absolute atomic E-state index is 10.5. The summed E-state index contributed by atoms with van der Waals surface area (Å²) in [6.45, 7) is 6.52. The summed E-state index contributed by atoms with van der Waals surface area (Å²) in [7, 11) is 0. The number of fused-ring (bicyclic) bond motifs is 5. The molecule has 0 heterocycles. The van der Waals surface area contributed by atoms with Crippen molar-refractivity contribution < 1.29 is 9.84 Å². The summed E-state index contributed by atoms with van der Waals surface area (Å²) >= 11 is 0. The summed E-state index contributed by atoms with van der Waals surface area (Å²) in [5, 5.41) is 10.5. The highest BCUT2D eigenvalue weighted by Crippen LogP contribution is 2.60. The van der Waals surface area contributed by atoms with Gasteiger partial charge in [-0.1, -0.05) is 13.0 Å². The van der Waals surface area contributed by atoms with E-state index in [0.29, 0.717) is 5.92 Å². The fourth-order valence-corrected chi connectivity index (χ4v) is 5.88. The maximum Gasteiger partial charge on any atom is 0.119 e. The van der Waals surface area contributed by atoms with Crippen molar-refractivity contribution in [1.29, 1.82) is 0 Å². The van der Waals surface area contributed by atoms with Crippen molar-refractivity contribution in [2.24, 2.45) is 17.3 Å². The number of aliphatic hydroxyl groups excluding tert-OH is 1. The molecule has 126 valence electrons. The van der Waals surface area contributed by atoms with Crippen molar-refractivity contribution in [3.63, 3.8) is 0 Å². The molecule has 2 fully saturated rings. The summed E-state index contributed by atoms with van der Waals surface area (Å²) in [5.41, 5.74) is 3.26. The zero-order valence-electron chi connectivity index (χ0n) is 14.7. The molecule has 3 aliphatic rings. The third kappa shape index (κ3) is 2.41. The second-order valence-electron chi connectivity index (χ2n) is 8.58. The van der Waals surface area contributed by atoms with E-state index in [-0.39, 0.29) is 17.6 Å². The van der Waals surface area contributed by atoms with Crippen LogP contribution in [0.25, 0.3) is 0 Å². The van der Waals surface area contributed by atoms with Gasteiger partial charge in [0.05, 0.1) is 12.2 Å². The number of aliphatic hydroxyl groups is 1. The van der Waals surface area contributed by atoms with Gasteiger partial charge < -0.3 is 9.84 Å². The van der Waals surface area contributed by atoms with Gasteiger partial charge in [0, 0.05) is 0 Å². The van der Waals surface area contributed by atoms with E-state index in [1.165, 1.54) is 37.7 Å². The third-order valence-electron chi connectivity index (χ3n) is 7.02. The van der Waals surface area contributed by atoms with Gasteiger partial charge in [0.1, 0.15) is 5.75 Å². The summed E-state index contributed by atoms with van der Waals surface area (Å²) in [6, 6.07) is 6.78. The molecule has 1 aromatic carbocycles. The van der Waals surface area contributed by atoms with Crippen molar-refractivity contribution in [3.05, 3.63) is 29.3 Å². The van der Waals surface area contributed by atoms with E-state index >= 15 is 0 Å². The number of aryl methyl sites for hydroxylation is 1. The zero-order chi connectivity index (χ0) is 16.2. The molecule has 2 heteroatoms. The Morgan fingerprint density at radius 3 is 2.78 bits per heavy atom. The predicted octanol–water partition coefficient (Wildman–Crippen LogP) is 4.69. The molecule has 3 aliphatic carbocycles. The van der Waals surface area contributed by atoms with Crippen LogP contribution in [0.4, 0.5) is 0 Å². The lowest BCUT2D eigenvalue weighted by Crippen LogP contribution is -2.43. The lowest BCUT2D eigenvalue weighted by atomic mass is 9.55. The molecular weight excluding hydrogens is 284 g/mol. The van der Waals surface area contributed by atoms with Crippen LogP contribution < -0.4 is 4.74 Å². The summed E-state index contributed by atoms with van der Waals surface area (Å²) in [4.78, 5) is 0. The van der Waals surface area contributed by atoms with E-state index in [2.05, 4.69) is 39.0 Å². The fourth-order valence-electron chi connectivity index (χ4n) is 5.88. The van der Waals surface area contributed by atoms with E-state index in [1.54, 1.807) is 5.56 Å². The Hall–Kier alpha value is -1.02. The first-order chi connectivity index (χ1) is 11.0. The number of ether oxygens (including phenoxy) is 1. The number of hydrogen-bond acceptors (Lipinski definition) is 2. The van der Waals surface area contributed by atoms with Gasteiger partial charge >= 0.3 is 0 Å². The van der Waals surface area contributed by atoms with Crippen LogP contribution in [0.3, 0.4) is 0 Å². The first-order valence-corrected chi connectivity index (χ1v) is 9.46. The Bertz CT molecular complexity index is 594. The van der Waals surface area contributed by atoms with Crippen LogP contribution in [0.5, 0.6) is 5.75 Å². The topological polar surface area (TPSA) is 29.5 Å². The molecule has 5 atom stereocenters. The molecule has 1 aromatic rings. The van der Waals surface area contributed by atoms with Crippen LogP contribution in [0.1, 0.15) is 69.9 Å². The molecule has 23 heavy (non-hydrogen) atoms. The first-order valence-electron chi connectivity index (χ1n) is 9.46. The van der Waals surface area contributed by atoms with Crippen LogP contribution >= 0.6 is 0 Å². The SMILES string of the molecule is CC(C)Oc1ccc2c(c1)CC[C@@H]1[C@@H]2CC[C@]2(C)[C@@H](O)CC[C@@H]12. The van der Waals surface area contributed by atoms with Gasteiger partial charge in [-0.2, -0.15) is 0 Å². The van der Waals surface area contributed by atoms with Crippen LogP contribution in [0.15, 0.2) is 18.2 Å².